The van der Waals surface area contributed by atoms with Gasteiger partial charge in [-0.3, -0.25) is 4.79 Å². The summed E-state index contributed by atoms with van der Waals surface area (Å²) in [6.07, 6.45) is 0. The van der Waals surface area contributed by atoms with E-state index in [0.29, 0.717) is 17.8 Å². The lowest BCUT2D eigenvalue weighted by atomic mass is 10.1. The van der Waals surface area contributed by atoms with Crippen LogP contribution in [0.4, 0.5) is 10.1 Å². The molecule has 0 radical (unpaired) electrons. The van der Waals surface area contributed by atoms with Crippen molar-refractivity contribution in [2.45, 2.75) is 6.54 Å². The summed E-state index contributed by atoms with van der Waals surface area (Å²) in [4.78, 5) is 10.9. The molecule has 2 rings (SSSR count). The Morgan fingerprint density at radius 1 is 1.15 bits per heavy atom. The van der Waals surface area contributed by atoms with Crippen LogP contribution in [0.3, 0.4) is 0 Å². The number of nitrogens with one attached hydrogen (secondary N) is 1. The number of rotatable bonds is 4. The molecular formula is C14H11Cl2FN2O. The Balaban J connectivity index is 2.07. The van der Waals surface area contributed by atoms with E-state index in [4.69, 9.17) is 28.9 Å². The lowest BCUT2D eigenvalue weighted by molar-refractivity contribution is 0.100. The molecule has 0 saturated heterocycles. The Hall–Kier alpha value is -1.78. The third-order valence-corrected chi connectivity index (χ3v) is 3.27. The fourth-order valence-corrected chi connectivity index (χ4v) is 2.14. The highest BCUT2D eigenvalue weighted by molar-refractivity contribution is 6.35. The molecule has 0 aliphatic rings. The number of primary amides is 1. The fraction of sp³-hybridized carbons (Fsp3) is 0.0714. The molecule has 20 heavy (non-hydrogen) atoms. The number of benzene rings is 2. The molecule has 2 aromatic carbocycles. The number of anilines is 1. The summed E-state index contributed by atoms with van der Waals surface area (Å²) in [6.45, 7) is 0.483. The molecule has 3 N–H and O–H groups in total. The maximum atomic E-state index is 13.3. The highest BCUT2D eigenvalue weighted by Gasteiger charge is 2.07. The zero-order valence-electron chi connectivity index (χ0n) is 10.3. The first-order chi connectivity index (χ1) is 9.47. The van der Waals surface area contributed by atoms with Crippen LogP contribution in [0.2, 0.25) is 10.0 Å². The molecule has 0 heterocycles. The van der Waals surface area contributed by atoms with Crippen LogP contribution in [-0.4, -0.2) is 5.91 Å². The average Bonchev–Trinajstić information content (AvgIpc) is 2.42. The summed E-state index contributed by atoms with van der Waals surface area (Å²) >= 11 is 11.4. The van der Waals surface area contributed by atoms with Crippen molar-refractivity contribution in [1.29, 1.82) is 0 Å². The molecule has 104 valence electrons. The van der Waals surface area contributed by atoms with Crippen molar-refractivity contribution in [3.63, 3.8) is 0 Å². The van der Waals surface area contributed by atoms with E-state index in [1.165, 1.54) is 12.1 Å². The van der Waals surface area contributed by atoms with Crippen molar-refractivity contribution in [3.05, 3.63) is 63.4 Å². The van der Waals surface area contributed by atoms with E-state index in [9.17, 15) is 9.18 Å². The molecule has 0 atom stereocenters. The highest BCUT2D eigenvalue weighted by atomic mass is 35.5. The molecule has 0 saturated carbocycles. The lowest BCUT2D eigenvalue weighted by Crippen LogP contribution is -2.10. The minimum absolute atomic E-state index is 0.0379. The van der Waals surface area contributed by atoms with Crippen LogP contribution in [0, 0.1) is 5.82 Å². The van der Waals surface area contributed by atoms with E-state index < -0.39 is 11.7 Å². The maximum Gasteiger partial charge on any atom is 0.248 e. The monoisotopic (exact) mass is 312 g/mol. The van der Waals surface area contributed by atoms with E-state index in [1.54, 1.807) is 24.3 Å². The van der Waals surface area contributed by atoms with Crippen molar-refractivity contribution in [2.24, 2.45) is 5.73 Å². The number of carbonyl (C=O) groups excluding carboxylic acids is 1. The average molecular weight is 313 g/mol. The summed E-state index contributed by atoms with van der Waals surface area (Å²) in [7, 11) is 0. The molecule has 1 amide bonds. The summed E-state index contributed by atoms with van der Waals surface area (Å²) in [5.74, 6) is -1.11. The highest BCUT2D eigenvalue weighted by Crippen LogP contribution is 2.27. The van der Waals surface area contributed by atoms with E-state index >= 15 is 0 Å². The minimum atomic E-state index is -0.635. The molecule has 2 aromatic rings. The minimum Gasteiger partial charge on any atom is -0.381 e. The Kier molecular flexibility index (Phi) is 4.47. The van der Waals surface area contributed by atoms with Gasteiger partial charge in [0.25, 0.3) is 0 Å². The zero-order chi connectivity index (χ0) is 14.7. The predicted molar refractivity (Wildman–Crippen MR) is 78.7 cm³/mol. The molecule has 0 unspecified atom stereocenters. The van der Waals surface area contributed by atoms with Crippen LogP contribution in [-0.2, 0) is 6.54 Å². The summed E-state index contributed by atoms with van der Waals surface area (Å²) in [6, 6.07) is 9.76. The third kappa shape index (κ3) is 3.40. The molecule has 0 spiro atoms. The van der Waals surface area contributed by atoms with Gasteiger partial charge < -0.3 is 11.1 Å². The summed E-state index contributed by atoms with van der Waals surface area (Å²) < 4.78 is 13.3. The van der Waals surface area contributed by atoms with Crippen LogP contribution in [0.1, 0.15) is 15.9 Å². The van der Waals surface area contributed by atoms with Crippen molar-refractivity contribution in [2.75, 3.05) is 5.32 Å². The van der Waals surface area contributed by atoms with Crippen molar-refractivity contribution in [1.82, 2.24) is 0 Å². The Labute approximate surface area is 125 Å². The fourth-order valence-electron chi connectivity index (χ4n) is 1.65. The van der Waals surface area contributed by atoms with Gasteiger partial charge in [0.2, 0.25) is 5.91 Å². The number of hydrogen-bond acceptors (Lipinski definition) is 2. The van der Waals surface area contributed by atoms with Gasteiger partial charge in [0.1, 0.15) is 0 Å². The van der Waals surface area contributed by atoms with Gasteiger partial charge in [0.15, 0.2) is 5.82 Å². The molecular weight excluding hydrogens is 302 g/mol. The second kappa shape index (κ2) is 6.11. The van der Waals surface area contributed by atoms with Crippen LogP contribution in [0.15, 0.2) is 36.4 Å². The van der Waals surface area contributed by atoms with Crippen molar-refractivity contribution >= 4 is 34.8 Å². The summed E-state index contributed by atoms with van der Waals surface area (Å²) in [5, 5.41) is 2.99. The number of halogens is 3. The second-order valence-corrected chi connectivity index (χ2v) is 4.98. The van der Waals surface area contributed by atoms with Crippen LogP contribution < -0.4 is 11.1 Å². The van der Waals surface area contributed by atoms with Gasteiger partial charge in [-0.1, -0.05) is 35.3 Å². The largest absolute Gasteiger partial charge is 0.381 e. The Bertz CT molecular complexity index is 621. The van der Waals surface area contributed by atoms with E-state index in [1.807, 2.05) is 0 Å². The van der Waals surface area contributed by atoms with E-state index in [2.05, 4.69) is 5.32 Å². The number of hydrogen-bond donors (Lipinski definition) is 2. The number of carbonyl (C=O) groups is 1. The molecule has 0 aromatic heterocycles. The normalized spacial score (nSPS) is 10.3. The molecule has 0 aliphatic carbocycles. The first-order valence-electron chi connectivity index (χ1n) is 5.74. The lowest BCUT2D eigenvalue weighted by Gasteiger charge is -2.08. The first-order valence-corrected chi connectivity index (χ1v) is 6.50. The van der Waals surface area contributed by atoms with Crippen LogP contribution >= 0.6 is 23.2 Å². The van der Waals surface area contributed by atoms with Crippen LogP contribution in [0.25, 0.3) is 0 Å². The molecule has 3 nitrogen and oxygen atoms in total. The van der Waals surface area contributed by atoms with Gasteiger partial charge in [-0.15, -0.1) is 0 Å². The van der Waals surface area contributed by atoms with Gasteiger partial charge in [-0.2, -0.15) is 0 Å². The Morgan fingerprint density at radius 3 is 2.20 bits per heavy atom. The van der Waals surface area contributed by atoms with Gasteiger partial charge >= 0.3 is 0 Å². The van der Waals surface area contributed by atoms with Gasteiger partial charge in [-0.25, -0.2) is 4.39 Å². The van der Waals surface area contributed by atoms with Gasteiger partial charge in [0, 0.05) is 17.8 Å². The zero-order valence-corrected chi connectivity index (χ0v) is 11.8. The summed E-state index contributed by atoms with van der Waals surface area (Å²) in [5.41, 5.74) is 7.15. The smallest absolute Gasteiger partial charge is 0.248 e. The Morgan fingerprint density at radius 2 is 1.70 bits per heavy atom. The molecule has 0 bridgehead atoms. The van der Waals surface area contributed by atoms with Gasteiger partial charge in [0.05, 0.1) is 10.0 Å². The maximum absolute atomic E-state index is 13.3. The van der Waals surface area contributed by atoms with Gasteiger partial charge in [-0.05, 0) is 29.8 Å². The predicted octanol–water partition coefficient (Wildman–Crippen LogP) is 3.84. The molecule has 0 aliphatic heterocycles. The van der Waals surface area contributed by atoms with Crippen LogP contribution in [0.5, 0.6) is 0 Å². The van der Waals surface area contributed by atoms with E-state index in [-0.39, 0.29) is 10.0 Å². The van der Waals surface area contributed by atoms with E-state index in [0.717, 1.165) is 5.56 Å². The SMILES string of the molecule is NC(=O)c1ccc(CNc2cc(Cl)c(F)c(Cl)c2)cc1. The quantitative estimate of drug-likeness (QED) is 0.843. The first kappa shape index (κ1) is 14.6. The topological polar surface area (TPSA) is 55.1 Å². The van der Waals surface area contributed by atoms with Crippen molar-refractivity contribution in [3.8, 4) is 0 Å². The standard InChI is InChI=1S/C14H11Cl2FN2O/c15-11-5-10(6-12(16)13(11)17)19-7-8-1-3-9(4-2-8)14(18)20/h1-6,19H,7H2,(H2,18,20). The second-order valence-electron chi connectivity index (χ2n) is 4.17. The molecule has 0 fully saturated rings. The van der Waals surface area contributed by atoms with Crippen molar-refractivity contribution < 1.29 is 9.18 Å². The number of amides is 1. The number of nitrogens with two attached hydrogens (primary N) is 1. The third-order valence-electron chi connectivity index (χ3n) is 2.72. The molecule has 6 heteroatoms.